The molecule has 1 N–H and O–H groups in total. The highest BCUT2D eigenvalue weighted by molar-refractivity contribution is 5.92. The van der Waals surface area contributed by atoms with E-state index in [9.17, 15) is 18.0 Å². The third-order valence-electron chi connectivity index (χ3n) is 5.14. The Balaban J connectivity index is 1.42. The van der Waals surface area contributed by atoms with Gasteiger partial charge in [0.1, 0.15) is 0 Å². The van der Waals surface area contributed by atoms with E-state index in [1.165, 1.54) is 16.9 Å². The number of likely N-dealkylation sites (tertiary alicyclic amines) is 1. The van der Waals surface area contributed by atoms with Gasteiger partial charge in [-0.15, -0.1) is 5.10 Å². The van der Waals surface area contributed by atoms with Crippen LogP contribution in [0.4, 0.5) is 13.2 Å². The van der Waals surface area contributed by atoms with Crippen molar-refractivity contribution in [2.75, 3.05) is 39.3 Å². The van der Waals surface area contributed by atoms with Crippen molar-refractivity contribution in [3.63, 3.8) is 0 Å². The van der Waals surface area contributed by atoms with Crippen molar-refractivity contribution < 1.29 is 18.0 Å². The molecular formula is C17H20F3N7O. The Morgan fingerprint density at radius 1 is 1.18 bits per heavy atom. The molecule has 0 spiro atoms. The number of nitrogens with one attached hydrogen (secondary N) is 1. The van der Waals surface area contributed by atoms with E-state index in [1.54, 1.807) is 4.90 Å². The van der Waals surface area contributed by atoms with Gasteiger partial charge in [0.25, 0.3) is 5.91 Å². The fourth-order valence-corrected chi connectivity index (χ4v) is 3.60. The molecule has 0 aliphatic carbocycles. The molecule has 2 aromatic rings. The molecule has 2 aliphatic rings. The van der Waals surface area contributed by atoms with Crippen molar-refractivity contribution in [3.05, 3.63) is 35.8 Å². The molecule has 11 heteroatoms. The molecule has 1 unspecified atom stereocenters. The summed E-state index contributed by atoms with van der Waals surface area (Å²) < 4.78 is 39.1. The zero-order valence-corrected chi connectivity index (χ0v) is 15.1. The van der Waals surface area contributed by atoms with Gasteiger partial charge in [0.05, 0.1) is 11.8 Å². The van der Waals surface area contributed by atoms with Gasteiger partial charge in [0.2, 0.25) is 0 Å². The average Bonchev–Trinajstić information content (AvgIpc) is 3.38. The third kappa shape index (κ3) is 3.85. The molecule has 4 heterocycles. The van der Waals surface area contributed by atoms with Gasteiger partial charge in [0.15, 0.2) is 11.5 Å². The summed E-state index contributed by atoms with van der Waals surface area (Å²) in [7, 11) is 0. The van der Waals surface area contributed by atoms with Crippen LogP contribution in [0.1, 0.15) is 22.5 Å². The lowest BCUT2D eigenvalue weighted by Gasteiger charge is -2.32. The molecule has 150 valence electrons. The van der Waals surface area contributed by atoms with E-state index < -0.39 is 11.7 Å². The van der Waals surface area contributed by atoms with E-state index >= 15 is 0 Å². The molecule has 1 atom stereocenters. The first-order chi connectivity index (χ1) is 13.4. The lowest BCUT2D eigenvalue weighted by molar-refractivity contribution is -0.137. The summed E-state index contributed by atoms with van der Waals surface area (Å²) in [4.78, 5) is 20.6. The summed E-state index contributed by atoms with van der Waals surface area (Å²) in [5.41, 5.74) is -0.689. The minimum Gasteiger partial charge on any atom is -0.336 e. The van der Waals surface area contributed by atoms with Crippen molar-refractivity contribution in [2.24, 2.45) is 0 Å². The van der Waals surface area contributed by atoms with E-state index in [0.717, 1.165) is 44.9 Å². The minimum absolute atomic E-state index is 0.155. The van der Waals surface area contributed by atoms with Crippen LogP contribution in [0.5, 0.6) is 0 Å². The Morgan fingerprint density at radius 2 is 1.96 bits per heavy atom. The van der Waals surface area contributed by atoms with E-state index in [4.69, 9.17) is 0 Å². The number of piperazine rings is 1. The van der Waals surface area contributed by atoms with Crippen molar-refractivity contribution >= 4 is 5.91 Å². The topological polar surface area (TPSA) is 79.2 Å². The van der Waals surface area contributed by atoms with Crippen LogP contribution in [0.3, 0.4) is 0 Å². The first-order valence-corrected chi connectivity index (χ1v) is 9.12. The lowest BCUT2D eigenvalue weighted by atomic mass is 10.2. The number of aromatic nitrogens is 4. The van der Waals surface area contributed by atoms with Gasteiger partial charge in [-0.3, -0.25) is 9.69 Å². The van der Waals surface area contributed by atoms with Crippen LogP contribution in [0.15, 0.2) is 24.5 Å². The number of alkyl halides is 3. The van der Waals surface area contributed by atoms with Gasteiger partial charge in [0, 0.05) is 51.5 Å². The van der Waals surface area contributed by atoms with Gasteiger partial charge < -0.3 is 10.2 Å². The highest BCUT2D eigenvalue weighted by Gasteiger charge is 2.33. The number of carbonyl (C=O) groups is 1. The van der Waals surface area contributed by atoms with Gasteiger partial charge in [-0.2, -0.15) is 13.2 Å². The first-order valence-electron chi connectivity index (χ1n) is 9.12. The maximum atomic E-state index is 12.7. The lowest BCUT2D eigenvalue weighted by Crippen LogP contribution is -2.49. The van der Waals surface area contributed by atoms with Crippen molar-refractivity contribution in [1.29, 1.82) is 0 Å². The zero-order valence-electron chi connectivity index (χ0n) is 15.1. The number of rotatable bonds is 3. The van der Waals surface area contributed by atoms with E-state index in [0.29, 0.717) is 19.1 Å². The number of hydrogen-bond donors (Lipinski definition) is 1. The van der Waals surface area contributed by atoms with Crippen molar-refractivity contribution in [2.45, 2.75) is 18.6 Å². The Morgan fingerprint density at radius 3 is 2.64 bits per heavy atom. The predicted molar refractivity (Wildman–Crippen MR) is 92.9 cm³/mol. The Kier molecular flexibility index (Phi) is 5.02. The van der Waals surface area contributed by atoms with Gasteiger partial charge in [-0.1, -0.05) is 5.21 Å². The Hall–Kier alpha value is -2.53. The largest absolute Gasteiger partial charge is 0.417 e. The Labute approximate surface area is 159 Å². The van der Waals surface area contributed by atoms with Crippen LogP contribution in [0.25, 0.3) is 5.82 Å². The van der Waals surface area contributed by atoms with Crippen LogP contribution in [-0.2, 0) is 6.18 Å². The predicted octanol–water partition coefficient (Wildman–Crippen LogP) is 0.801. The highest BCUT2D eigenvalue weighted by Crippen LogP contribution is 2.28. The van der Waals surface area contributed by atoms with Crippen LogP contribution in [0.2, 0.25) is 0 Å². The summed E-state index contributed by atoms with van der Waals surface area (Å²) in [5, 5.41) is 11.0. The average molecular weight is 395 g/mol. The molecule has 4 rings (SSSR count). The number of amides is 1. The number of carbonyl (C=O) groups excluding carboxylic acids is 1. The molecule has 0 bridgehead atoms. The second-order valence-corrected chi connectivity index (χ2v) is 6.93. The number of pyridine rings is 1. The molecular weight excluding hydrogens is 375 g/mol. The maximum Gasteiger partial charge on any atom is 0.417 e. The van der Waals surface area contributed by atoms with Crippen LogP contribution < -0.4 is 5.32 Å². The standard InChI is InChI=1S/C17H20F3N7O/c18-17(19,20)12-1-2-15(22-9-12)27-11-14(23-24-27)16(28)26-6-3-13(10-26)25-7-4-21-5-8-25/h1-2,9,11,13,21H,3-8,10H2. The van der Waals surface area contributed by atoms with Crippen LogP contribution in [-0.4, -0.2) is 81.0 Å². The zero-order chi connectivity index (χ0) is 19.7. The van der Waals surface area contributed by atoms with Gasteiger partial charge in [-0.25, -0.2) is 9.67 Å². The molecule has 2 fully saturated rings. The highest BCUT2D eigenvalue weighted by atomic mass is 19.4. The van der Waals surface area contributed by atoms with E-state index in [-0.39, 0.29) is 17.4 Å². The molecule has 8 nitrogen and oxygen atoms in total. The van der Waals surface area contributed by atoms with E-state index in [1.807, 2.05) is 0 Å². The molecule has 0 saturated carbocycles. The second-order valence-electron chi connectivity index (χ2n) is 6.93. The summed E-state index contributed by atoms with van der Waals surface area (Å²) in [5.74, 6) is -0.0598. The Bertz CT molecular complexity index is 830. The minimum atomic E-state index is -4.45. The fourth-order valence-electron chi connectivity index (χ4n) is 3.60. The molecule has 2 aliphatic heterocycles. The normalized spacial score (nSPS) is 21.2. The maximum absolute atomic E-state index is 12.7. The number of halogens is 3. The number of nitrogens with zero attached hydrogens (tertiary/aromatic N) is 6. The summed E-state index contributed by atoms with van der Waals surface area (Å²) >= 11 is 0. The number of hydrogen-bond acceptors (Lipinski definition) is 6. The molecule has 2 saturated heterocycles. The molecule has 0 aromatic carbocycles. The first kappa shape index (κ1) is 18.8. The summed E-state index contributed by atoms with van der Waals surface area (Å²) in [6.45, 7) is 5.16. The van der Waals surface area contributed by atoms with Gasteiger partial charge in [-0.05, 0) is 18.6 Å². The van der Waals surface area contributed by atoms with Crippen molar-refractivity contribution in [1.82, 2.24) is 35.1 Å². The van der Waals surface area contributed by atoms with Crippen LogP contribution in [0, 0.1) is 0 Å². The fraction of sp³-hybridized carbons (Fsp3) is 0.529. The smallest absolute Gasteiger partial charge is 0.336 e. The third-order valence-corrected chi connectivity index (χ3v) is 5.14. The SMILES string of the molecule is O=C(c1cn(-c2ccc(C(F)(F)F)cn2)nn1)N1CCC(N2CCNCC2)C1. The monoisotopic (exact) mass is 395 g/mol. The van der Waals surface area contributed by atoms with E-state index in [2.05, 4.69) is 25.5 Å². The van der Waals surface area contributed by atoms with Crippen LogP contribution >= 0.6 is 0 Å². The summed E-state index contributed by atoms with van der Waals surface area (Å²) in [6, 6.07) is 2.46. The van der Waals surface area contributed by atoms with Gasteiger partial charge >= 0.3 is 6.18 Å². The molecule has 1 amide bonds. The second kappa shape index (κ2) is 7.47. The molecule has 0 radical (unpaired) electrons. The van der Waals surface area contributed by atoms with Crippen molar-refractivity contribution in [3.8, 4) is 5.82 Å². The quantitative estimate of drug-likeness (QED) is 0.828. The molecule has 28 heavy (non-hydrogen) atoms. The molecule has 2 aromatic heterocycles. The summed E-state index contributed by atoms with van der Waals surface area (Å²) in [6.07, 6.45) is -1.40.